The summed E-state index contributed by atoms with van der Waals surface area (Å²) in [5.41, 5.74) is 6.83. The lowest BCUT2D eigenvalue weighted by Crippen LogP contribution is -2.46. The minimum Gasteiger partial charge on any atom is -0.366 e. The fourth-order valence-electron chi connectivity index (χ4n) is 4.14. The van der Waals surface area contributed by atoms with E-state index in [2.05, 4.69) is 15.9 Å². The average Bonchev–Trinajstić information content (AvgIpc) is 3.34. The average molecular weight is 519 g/mol. The van der Waals surface area contributed by atoms with Gasteiger partial charge in [0.05, 0.1) is 18.7 Å². The lowest BCUT2D eigenvalue weighted by atomic mass is 10.1. The summed E-state index contributed by atoms with van der Waals surface area (Å²) in [5.74, 6) is -2.17. The van der Waals surface area contributed by atoms with Crippen LogP contribution in [0.25, 0.3) is 10.9 Å². The predicted molar refractivity (Wildman–Crippen MR) is 121 cm³/mol. The molecule has 2 aromatic carbocycles. The van der Waals surface area contributed by atoms with Gasteiger partial charge in [-0.15, -0.1) is 0 Å². The van der Waals surface area contributed by atoms with Crippen LogP contribution in [-0.4, -0.2) is 51.1 Å². The molecule has 2 atom stereocenters. The molecule has 172 valence electrons. The molecule has 0 aliphatic carbocycles. The van der Waals surface area contributed by atoms with Crippen molar-refractivity contribution in [3.8, 4) is 0 Å². The number of benzene rings is 2. The number of rotatable bonds is 6. The van der Waals surface area contributed by atoms with Gasteiger partial charge in [0.15, 0.2) is 0 Å². The molecule has 1 aliphatic rings. The molecule has 1 saturated heterocycles. The van der Waals surface area contributed by atoms with Crippen LogP contribution in [0.3, 0.4) is 0 Å². The van der Waals surface area contributed by atoms with Gasteiger partial charge in [0.2, 0.25) is 5.91 Å². The van der Waals surface area contributed by atoms with Crippen molar-refractivity contribution in [2.45, 2.75) is 31.7 Å². The number of carbonyl (C=O) groups excluding carboxylic acids is 3. The van der Waals surface area contributed by atoms with Gasteiger partial charge in [0.25, 0.3) is 11.8 Å². The molecule has 2 N–H and O–H groups in total. The van der Waals surface area contributed by atoms with Crippen LogP contribution in [0, 0.1) is 0 Å². The number of halogens is 3. The summed E-state index contributed by atoms with van der Waals surface area (Å²) >= 11 is 3.29. The normalized spacial score (nSPS) is 18.0. The fourth-order valence-corrected chi connectivity index (χ4v) is 4.59. The Morgan fingerprint density at radius 1 is 1.15 bits per heavy atom. The van der Waals surface area contributed by atoms with Crippen LogP contribution < -0.4 is 5.73 Å². The molecule has 3 amide bonds. The molecule has 0 bridgehead atoms. The van der Waals surface area contributed by atoms with Crippen LogP contribution in [0.5, 0.6) is 0 Å². The number of para-hydroxylation sites is 1. The van der Waals surface area contributed by atoms with E-state index < -0.39 is 29.9 Å². The summed E-state index contributed by atoms with van der Waals surface area (Å²) in [4.78, 5) is 38.6. The van der Waals surface area contributed by atoms with Gasteiger partial charge in [0, 0.05) is 28.0 Å². The summed E-state index contributed by atoms with van der Waals surface area (Å²) < 4.78 is 31.2. The van der Waals surface area contributed by atoms with E-state index in [-0.39, 0.29) is 36.7 Å². The van der Waals surface area contributed by atoms with Gasteiger partial charge in [-0.05, 0) is 23.8 Å². The number of carbonyl (C=O) groups is 3. The minimum atomic E-state index is -1.44. The number of fused-ring (bicyclic) bond motifs is 1. The van der Waals surface area contributed by atoms with Crippen LogP contribution in [0.2, 0.25) is 0 Å². The van der Waals surface area contributed by atoms with E-state index in [1.807, 2.05) is 0 Å². The molecule has 1 aromatic heterocycles. The Kier molecular flexibility index (Phi) is 6.46. The number of likely N-dealkylation sites (tertiary alicyclic amines) is 1. The standard InChI is InChI=1S/C23H21BrF2N4O3/c24-15-5-3-4-14(8-15)10-30(26)23(33)20-9-16(25)11-29(20)21(31)13-28-12-18(22(27)32)17-6-1-2-7-19(17)28/h1-8,12,16,20H,9-11,13H2,(H2,27,32)/t16-,20+/m1/s1. The number of hydrogen-bond acceptors (Lipinski definition) is 3. The molecule has 4 rings (SSSR count). The first kappa shape index (κ1) is 22.9. The quantitative estimate of drug-likeness (QED) is 0.507. The highest BCUT2D eigenvalue weighted by atomic mass is 79.9. The third-order valence-electron chi connectivity index (χ3n) is 5.66. The summed E-state index contributed by atoms with van der Waals surface area (Å²) in [6.07, 6.45) is -0.258. The molecule has 33 heavy (non-hydrogen) atoms. The molecule has 0 unspecified atom stereocenters. The third kappa shape index (κ3) is 4.75. The number of nitrogens with two attached hydrogens (primary N) is 1. The zero-order chi connectivity index (χ0) is 23.7. The van der Waals surface area contributed by atoms with Crippen molar-refractivity contribution in [1.82, 2.24) is 14.6 Å². The minimum absolute atomic E-state index is 0.0149. The number of amides is 3. The number of aromatic nitrogens is 1. The second-order valence-corrected chi connectivity index (χ2v) is 8.85. The maximum atomic E-state index is 14.7. The van der Waals surface area contributed by atoms with Gasteiger partial charge >= 0.3 is 0 Å². The highest BCUT2D eigenvalue weighted by molar-refractivity contribution is 9.10. The Balaban J connectivity index is 1.53. The molecule has 1 aliphatic heterocycles. The van der Waals surface area contributed by atoms with Crippen molar-refractivity contribution in [3.63, 3.8) is 0 Å². The molecule has 2 heterocycles. The molecular weight excluding hydrogens is 498 g/mol. The Hall–Kier alpha value is -3.27. The van der Waals surface area contributed by atoms with Crippen LogP contribution in [0.4, 0.5) is 8.87 Å². The largest absolute Gasteiger partial charge is 0.366 e. The van der Waals surface area contributed by atoms with E-state index >= 15 is 0 Å². The molecule has 0 saturated carbocycles. The van der Waals surface area contributed by atoms with Crippen LogP contribution in [0.1, 0.15) is 22.3 Å². The Morgan fingerprint density at radius 2 is 1.91 bits per heavy atom. The van der Waals surface area contributed by atoms with Crippen molar-refractivity contribution in [3.05, 3.63) is 70.3 Å². The molecule has 0 radical (unpaired) electrons. The maximum Gasteiger partial charge on any atom is 0.273 e. The number of primary amides is 1. The highest BCUT2D eigenvalue weighted by Gasteiger charge is 2.42. The topological polar surface area (TPSA) is 88.6 Å². The van der Waals surface area contributed by atoms with E-state index in [0.717, 1.165) is 9.37 Å². The van der Waals surface area contributed by atoms with Crippen LogP contribution in [0.15, 0.2) is 59.2 Å². The Morgan fingerprint density at radius 3 is 2.64 bits per heavy atom. The molecule has 1 fully saturated rings. The van der Waals surface area contributed by atoms with Gasteiger partial charge in [-0.2, -0.15) is 5.12 Å². The van der Waals surface area contributed by atoms with Gasteiger partial charge in [0.1, 0.15) is 18.8 Å². The van der Waals surface area contributed by atoms with Gasteiger partial charge in [-0.1, -0.05) is 50.7 Å². The van der Waals surface area contributed by atoms with Crippen molar-refractivity contribution in [2.24, 2.45) is 5.73 Å². The predicted octanol–water partition coefficient (Wildman–Crippen LogP) is 3.36. The number of hydrogen-bond donors (Lipinski definition) is 1. The lowest BCUT2D eigenvalue weighted by Gasteiger charge is -2.25. The Labute approximate surface area is 196 Å². The van der Waals surface area contributed by atoms with Crippen LogP contribution >= 0.6 is 15.9 Å². The lowest BCUT2D eigenvalue weighted by molar-refractivity contribution is -0.156. The SMILES string of the molecule is NC(=O)c1cn(CC(=O)N2C[C@H](F)C[C@H]2C(=O)N(F)Cc2cccc(Br)c2)c2ccccc12. The van der Waals surface area contributed by atoms with E-state index in [4.69, 9.17) is 5.73 Å². The second-order valence-electron chi connectivity index (χ2n) is 7.94. The van der Waals surface area contributed by atoms with E-state index in [1.54, 1.807) is 48.5 Å². The second kappa shape index (κ2) is 9.30. The first-order chi connectivity index (χ1) is 15.7. The molecular formula is C23H21BrF2N4O3. The monoisotopic (exact) mass is 518 g/mol. The third-order valence-corrected chi connectivity index (χ3v) is 6.16. The first-order valence-electron chi connectivity index (χ1n) is 10.3. The number of alkyl halides is 1. The Bertz CT molecular complexity index is 1230. The smallest absolute Gasteiger partial charge is 0.273 e. The fraction of sp³-hybridized carbons (Fsp3) is 0.261. The summed E-state index contributed by atoms with van der Waals surface area (Å²) in [5, 5.41) is 0.597. The van der Waals surface area contributed by atoms with Crippen molar-refractivity contribution >= 4 is 44.6 Å². The van der Waals surface area contributed by atoms with Crippen molar-refractivity contribution in [2.75, 3.05) is 6.54 Å². The molecule has 10 heteroatoms. The molecule has 3 aromatic rings. The zero-order valence-corrected chi connectivity index (χ0v) is 19.0. The van der Waals surface area contributed by atoms with E-state index in [1.165, 1.54) is 10.8 Å². The van der Waals surface area contributed by atoms with Gasteiger partial charge in [-0.25, -0.2) is 4.39 Å². The number of nitrogens with zero attached hydrogens (tertiary/aromatic N) is 3. The van der Waals surface area contributed by atoms with Crippen molar-refractivity contribution in [1.29, 1.82) is 0 Å². The summed E-state index contributed by atoms with van der Waals surface area (Å²) in [6, 6.07) is 12.5. The maximum absolute atomic E-state index is 14.7. The molecule has 0 spiro atoms. The van der Waals surface area contributed by atoms with Gasteiger partial charge < -0.3 is 15.2 Å². The summed E-state index contributed by atoms with van der Waals surface area (Å²) in [7, 11) is 0. The zero-order valence-electron chi connectivity index (χ0n) is 17.5. The van der Waals surface area contributed by atoms with Crippen molar-refractivity contribution < 1.29 is 23.3 Å². The highest BCUT2D eigenvalue weighted by Crippen LogP contribution is 2.26. The summed E-state index contributed by atoms with van der Waals surface area (Å²) in [6.45, 7) is -0.873. The molecule has 7 nitrogen and oxygen atoms in total. The van der Waals surface area contributed by atoms with Crippen LogP contribution in [-0.2, 0) is 22.7 Å². The first-order valence-corrected chi connectivity index (χ1v) is 11.1. The van der Waals surface area contributed by atoms with E-state index in [0.29, 0.717) is 16.5 Å². The van der Waals surface area contributed by atoms with Gasteiger partial charge in [-0.3, -0.25) is 14.4 Å². The van der Waals surface area contributed by atoms with E-state index in [9.17, 15) is 23.3 Å².